The van der Waals surface area contributed by atoms with E-state index < -0.39 is 0 Å². The third kappa shape index (κ3) is 2.97. The summed E-state index contributed by atoms with van der Waals surface area (Å²) in [5.74, 6) is 0.627. The zero-order chi connectivity index (χ0) is 13.7. The standard InChI is InChI=1S/C18H21.Li/c1-3-10-15(2)18(16-11-6-4-7-12-16)17-13-8-5-9-14-17;/h4-9,11-15H,3,10H2,1-2H3;. The molecule has 2 aromatic rings. The first-order valence-electron chi connectivity index (χ1n) is 7.30. The van der Waals surface area contributed by atoms with Gasteiger partial charge < -0.3 is 0 Å². The van der Waals surface area contributed by atoms with Gasteiger partial charge in [-0.3, -0.25) is 0 Å². The van der Waals surface area contributed by atoms with Gasteiger partial charge in [-0.15, -0.1) is 0 Å². The molecule has 0 amide bonds. The molecule has 0 nitrogen and oxygen atoms in total. The Kier molecular flexibility index (Phi) is 4.91. The van der Waals surface area contributed by atoms with Gasteiger partial charge in [0.15, 0.2) is 0 Å². The fourth-order valence-electron chi connectivity index (χ4n) is 3.03. The minimum absolute atomic E-state index is 0.0958. The molecule has 2 rings (SSSR count). The molecule has 0 bridgehead atoms. The van der Waals surface area contributed by atoms with Crippen molar-refractivity contribution in [3.8, 4) is 0 Å². The van der Waals surface area contributed by atoms with Crippen LogP contribution in [-0.4, -0.2) is 17.7 Å². The Bertz CT molecular complexity index is 450. The van der Waals surface area contributed by atoms with Crippen LogP contribution in [0.1, 0.15) is 37.8 Å². The van der Waals surface area contributed by atoms with Crippen LogP contribution in [0.2, 0.25) is 0 Å². The third-order valence-corrected chi connectivity index (χ3v) is 4.45. The van der Waals surface area contributed by atoms with Crippen LogP contribution < -0.4 is 0 Å². The first-order valence-corrected chi connectivity index (χ1v) is 7.30. The van der Waals surface area contributed by atoms with Crippen molar-refractivity contribution >= 4 is 17.7 Å². The van der Waals surface area contributed by atoms with Crippen molar-refractivity contribution in [2.24, 2.45) is 5.92 Å². The van der Waals surface area contributed by atoms with Gasteiger partial charge in [0.25, 0.3) is 0 Å². The summed E-state index contributed by atoms with van der Waals surface area (Å²) >= 11 is 2.39. The molecule has 0 aliphatic heterocycles. The Hall–Kier alpha value is -0.963. The number of hydrogen-bond donors (Lipinski definition) is 0. The molecule has 0 saturated heterocycles. The van der Waals surface area contributed by atoms with Crippen LogP contribution in [-0.2, 0) is 4.09 Å². The summed E-state index contributed by atoms with van der Waals surface area (Å²) in [5.41, 5.74) is 2.84. The van der Waals surface area contributed by atoms with Crippen LogP contribution in [0.5, 0.6) is 0 Å². The molecule has 1 heteroatoms. The fraction of sp³-hybridized carbons (Fsp3) is 0.333. The molecule has 94 valence electrons. The van der Waals surface area contributed by atoms with E-state index in [4.69, 9.17) is 0 Å². The molecular weight excluding hydrogens is 223 g/mol. The predicted octanol–water partition coefficient (Wildman–Crippen LogP) is 4.53. The summed E-state index contributed by atoms with van der Waals surface area (Å²) in [6, 6.07) is 21.8. The van der Waals surface area contributed by atoms with Gasteiger partial charge in [0.05, 0.1) is 0 Å². The van der Waals surface area contributed by atoms with Crippen molar-refractivity contribution in [2.45, 2.75) is 30.8 Å². The molecule has 1 unspecified atom stereocenters. The van der Waals surface area contributed by atoms with Crippen molar-refractivity contribution in [3.05, 3.63) is 71.8 Å². The summed E-state index contributed by atoms with van der Waals surface area (Å²) in [7, 11) is 0. The van der Waals surface area contributed by atoms with E-state index in [9.17, 15) is 0 Å². The Morgan fingerprint density at radius 3 is 1.68 bits per heavy atom. The zero-order valence-corrected chi connectivity index (χ0v) is 12.3. The molecule has 0 fully saturated rings. The van der Waals surface area contributed by atoms with E-state index in [2.05, 4.69) is 92.2 Å². The van der Waals surface area contributed by atoms with Crippen LogP contribution in [0.25, 0.3) is 0 Å². The van der Waals surface area contributed by atoms with E-state index in [-0.39, 0.29) is 4.09 Å². The first kappa shape index (κ1) is 14.4. The van der Waals surface area contributed by atoms with Crippen molar-refractivity contribution < 1.29 is 0 Å². The summed E-state index contributed by atoms with van der Waals surface area (Å²) in [4.78, 5) is 0. The predicted molar refractivity (Wildman–Crippen MR) is 83.5 cm³/mol. The first-order chi connectivity index (χ1) is 9.19. The minimum atomic E-state index is 0.0958. The van der Waals surface area contributed by atoms with E-state index in [0.29, 0.717) is 5.92 Å². The molecule has 19 heavy (non-hydrogen) atoms. The number of benzene rings is 2. The van der Waals surface area contributed by atoms with E-state index >= 15 is 0 Å². The monoisotopic (exact) mass is 244 g/mol. The summed E-state index contributed by atoms with van der Waals surface area (Å²) < 4.78 is 0.0958. The summed E-state index contributed by atoms with van der Waals surface area (Å²) in [5, 5.41) is 0. The second-order valence-electron chi connectivity index (χ2n) is 5.62. The van der Waals surface area contributed by atoms with Crippen molar-refractivity contribution in [1.29, 1.82) is 0 Å². The molecule has 0 aliphatic carbocycles. The molecule has 0 saturated carbocycles. The third-order valence-electron chi connectivity index (χ3n) is 4.45. The van der Waals surface area contributed by atoms with Crippen molar-refractivity contribution in [3.63, 3.8) is 0 Å². The molecule has 0 spiro atoms. The molecular formula is C18H21Li. The van der Waals surface area contributed by atoms with Crippen LogP contribution in [0, 0.1) is 5.92 Å². The number of hydrogen-bond acceptors (Lipinski definition) is 0. The van der Waals surface area contributed by atoms with Gasteiger partial charge in [-0.05, 0) is 0 Å². The van der Waals surface area contributed by atoms with E-state index in [1.54, 1.807) is 0 Å². The normalized spacial score (nSPS) is 13.3. The van der Waals surface area contributed by atoms with Gasteiger partial charge in [-0.2, -0.15) is 0 Å². The maximum absolute atomic E-state index is 2.39. The Morgan fingerprint density at radius 1 is 0.895 bits per heavy atom. The van der Waals surface area contributed by atoms with E-state index in [1.807, 2.05) is 0 Å². The average Bonchev–Trinajstić information content (AvgIpc) is 2.48. The van der Waals surface area contributed by atoms with Crippen molar-refractivity contribution in [1.82, 2.24) is 0 Å². The molecule has 0 aromatic heterocycles. The second kappa shape index (κ2) is 6.46. The van der Waals surface area contributed by atoms with Crippen LogP contribution in [0.15, 0.2) is 60.7 Å². The van der Waals surface area contributed by atoms with Crippen LogP contribution in [0.4, 0.5) is 0 Å². The SMILES string of the molecule is [Li][C](c1ccccc1)(c1ccccc1)C(C)CCC. The summed E-state index contributed by atoms with van der Waals surface area (Å²) in [6.07, 6.45) is 2.48. The molecule has 2 aromatic carbocycles. The zero-order valence-electron chi connectivity index (χ0n) is 12.3. The van der Waals surface area contributed by atoms with Crippen LogP contribution >= 0.6 is 0 Å². The van der Waals surface area contributed by atoms with Crippen molar-refractivity contribution in [2.75, 3.05) is 0 Å². The molecule has 1 atom stereocenters. The number of rotatable bonds is 5. The summed E-state index contributed by atoms with van der Waals surface area (Å²) in [6.45, 7) is 4.65. The quantitative estimate of drug-likeness (QED) is 0.678. The second-order valence-corrected chi connectivity index (χ2v) is 5.62. The Balaban J connectivity index is 2.51. The molecule has 0 heterocycles. The van der Waals surface area contributed by atoms with Gasteiger partial charge in [0.2, 0.25) is 0 Å². The van der Waals surface area contributed by atoms with E-state index in [0.717, 1.165) is 0 Å². The van der Waals surface area contributed by atoms with E-state index in [1.165, 1.54) is 24.0 Å². The van der Waals surface area contributed by atoms with Gasteiger partial charge in [-0.1, -0.05) is 0 Å². The molecule has 0 N–H and O–H groups in total. The maximum atomic E-state index is 2.39. The average molecular weight is 244 g/mol. The van der Waals surface area contributed by atoms with Gasteiger partial charge >= 0.3 is 126 Å². The van der Waals surface area contributed by atoms with Gasteiger partial charge in [0.1, 0.15) is 0 Å². The fourth-order valence-corrected chi connectivity index (χ4v) is 3.03. The topological polar surface area (TPSA) is 0 Å². The Morgan fingerprint density at radius 2 is 1.32 bits per heavy atom. The van der Waals surface area contributed by atoms with Gasteiger partial charge in [0, 0.05) is 0 Å². The Labute approximate surface area is 126 Å². The van der Waals surface area contributed by atoms with Gasteiger partial charge in [-0.25, -0.2) is 0 Å². The van der Waals surface area contributed by atoms with Crippen LogP contribution in [0.3, 0.4) is 0 Å². The molecule has 0 aliphatic rings. The molecule has 0 radical (unpaired) electrons.